The number of carbonyl (C=O) groups excluding carboxylic acids is 1. The van der Waals surface area contributed by atoms with Crippen LogP contribution in [0, 0.1) is 0 Å². The van der Waals surface area contributed by atoms with Crippen molar-refractivity contribution in [3.8, 4) is 0 Å². The highest BCUT2D eigenvalue weighted by Gasteiger charge is 2.34. The zero-order chi connectivity index (χ0) is 14.0. The molecule has 6 heteroatoms. The van der Waals surface area contributed by atoms with Gasteiger partial charge in [-0.2, -0.15) is 13.2 Å². The van der Waals surface area contributed by atoms with Crippen LogP contribution in [0.15, 0.2) is 24.3 Å². The van der Waals surface area contributed by atoms with E-state index in [9.17, 15) is 23.1 Å². The molecular weight excluding hydrogens is 247 g/mol. The first-order valence-electron chi connectivity index (χ1n) is 5.37. The summed E-state index contributed by atoms with van der Waals surface area (Å²) in [6.07, 6.45) is -4.81. The fourth-order valence-corrected chi connectivity index (χ4v) is 1.70. The maximum absolute atomic E-state index is 12.5. The molecule has 0 aliphatic rings. The molecule has 0 aliphatic carbocycles. The lowest BCUT2D eigenvalue weighted by atomic mass is 9.87. The molecule has 0 spiro atoms. The second-order valence-corrected chi connectivity index (χ2v) is 4.11. The minimum atomic E-state index is -4.49. The van der Waals surface area contributed by atoms with Crippen LogP contribution in [-0.4, -0.2) is 11.0 Å². The molecule has 0 bridgehead atoms. The predicted molar refractivity (Wildman–Crippen MR) is 59.4 cm³/mol. The van der Waals surface area contributed by atoms with Crippen molar-refractivity contribution in [2.75, 3.05) is 0 Å². The second kappa shape index (κ2) is 4.97. The van der Waals surface area contributed by atoms with Gasteiger partial charge < -0.3 is 10.8 Å². The number of alkyl halides is 3. The minimum Gasteiger partial charge on any atom is -0.385 e. The highest BCUT2D eigenvalue weighted by molar-refractivity contribution is 5.75. The van der Waals surface area contributed by atoms with E-state index in [-0.39, 0.29) is 12.0 Å². The summed E-state index contributed by atoms with van der Waals surface area (Å²) in [5, 5.41) is 10.2. The topological polar surface area (TPSA) is 63.3 Å². The maximum Gasteiger partial charge on any atom is 0.416 e. The van der Waals surface area contributed by atoms with Gasteiger partial charge in [-0.05, 0) is 24.1 Å². The van der Waals surface area contributed by atoms with Gasteiger partial charge in [0.1, 0.15) is 0 Å². The lowest BCUT2D eigenvalue weighted by molar-refractivity contribution is -0.137. The van der Waals surface area contributed by atoms with Gasteiger partial charge in [0, 0.05) is 0 Å². The number of halogens is 3. The molecule has 0 saturated carbocycles. The Hall–Kier alpha value is -1.56. The summed E-state index contributed by atoms with van der Waals surface area (Å²) in [4.78, 5) is 10.9. The van der Waals surface area contributed by atoms with E-state index in [1.807, 2.05) is 0 Å². The van der Waals surface area contributed by atoms with E-state index in [1.54, 1.807) is 6.92 Å². The van der Waals surface area contributed by atoms with E-state index in [4.69, 9.17) is 5.73 Å². The third kappa shape index (κ3) is 3.22. The molecule has 0 fully saturated rings. The van der Waals surface area contributed by atoms with Crippen LogP contribution < -0.4 is 5.73 Å². The summed E-state index contributed by atoms with van der Waals surface area (Å²) in [6, 6.07) is 4.29. The molecule has 3 nitrogen and oxygen atoms in total. The number of rotatable bonds is 4. The van der Waals surface area contributed by atoms with Crippen molar-refractivity contribution in [2.24, 2.45) is 5.73 Å². The average molecular weight is 261 g/mol. The fourth-order valence-electron chi connectivity index (χ4n) is 1.70. The predicted octanol–water partition coefficient (Wildman–Crippen LogP) is 2.18. The molecule has 0 radical (unpaired) electrons. The van der Waals surface area contributed by atoms with E-state index in [0.717, 1.165) is 12.1 Å². The molecule has 1 rings (SSSR count). The van der Waals surface area contributed by atoms with Gasteiger partial charge in [0.2, 0.25) is 5.91 Å². The van der Waals surface area contributed by atoms with Gasteiger partial charge in [-0.1, -0.05) is 19.1 Å². The molecule has 0 aromatic heterocycles. The number of primary amides is 1. The number of hydrogen-bond acceptors (Lipinski definition) is 2. The van der Waals surface area contributed by atoms with E-state index in [1.165, 1.54) is 12.1 Å². The molecule has 18 heavy (non-hydrogen) atoms. The summed E-state index contributed by atoms with van der Waals surface area (Å²) in [7, 11) is 0. The van der Waals surface area contributed by atoms with E-state index >= 15 is 0 Å². The first kappa shape index (κ1) is 14.5. The quantitative estimate of drug-likeness (QED) is 0.872. The summed E-state index contributed by atoms with van der Waals surface area (Å²) < 4.78 is 37.6. The van der Waals surface area contributed by atoms with Crippen LogP contribution in [0.2, 0.25) is 0 Å². The molecule has 1 aromatic carbocycles. The Morgan fingerprint density at radius 1 is 1.33 bits per heavy atom. The Morgan fingerprint density at radius 3 is 2.33 bits per heavy atom. The third-order valence-corrected chi connectivity index (χ3v) is 2.78. The molecule has 1 atom stereocenters. The molecule has 1 amide bonds. The van der Waals surface area contributed by atoms with Crippen LogP contribution in [0.5, 0.6) is 0 Å². The van der Waals surface area contributed by atoms with Gasteiger partial charge >= 0.3 is 6.18 Å². The first-order valence-corrected chi connectivity index (χ1v) is 5.37. The van der Waals surface area contributed by atoms with E-state index < -0.39 is 29.7 Å². The van der Waals surface area contributed by atoms with Crippen molar-refractivity contribution >= 4 is 5.91 Å². The number of nitrogens with two attached hydrogens (primary N) is 1. The second-order valence-electron chi connectivity index (χ2n) is 4.11. The van der Waals surface area contributed by atoms with Crippen LogP contribution in [0.1, 0.15) is 30.9 Å². The Balaban J connectivity index is 3.19. The SMILES string of the molecule is CCC(O)(CC(N)=O)c1cccc(C(F)(F)F)c1. The minimum absolute atomic E-state index is 0.0404. The highest BCUT2D eigenvalue weighted by Crippen LogP contribution is 2.34. The Kier molecular flexibility index (Phi) is 4.01. The van der Waals surface area contributed by atoms with E-state index in [2.05, 4.69) is 0 Å². The molecule has 3 N–H and O–H groups in total. The summed E-state index contributed by atoms with van der Waals surface area (Å²) in [5.74, 6) is -0.767. The molecule has 100 valence electrons. The molecule has 0 saturated heterocycles. The van der Waals surface area contributed by atoms with Gasteiger partial charge in [-0.3, -0.25) is 4.79 Å². The van der Waals surface area contributed by atoms with Crippen molar-refractivity contribution in [1.82, 2.24) is 0 Å². The van der Waals surface area contributed by atoms with Gasteiger partial charge in [-0.25, -0.2) is 0 Å². The van der Waals surface area contributed by atoms with Gasteiger partial charge in [0.25, 0.3) is 0 Å². The zero-order valence-electron chi connectivity index (χ0n) is 9.79. The Bertz CT molecular complexity index is 445. The summed E-state index contributed by atoms with van der Waals surface area (Å²) in [5.41, 5.74) is 2.51. The molecule has 0 aliphatic heterocycles. The number of aliphatic hydroxyl groups is 1. The van der Waals surface area contributed by atoms with Crippen LogP contribution >= 0.6 is 0 Å². The van der Waals surface area contributed by atoms with E-state index in [0.29, 0.717) is 0 Å². The smallest absolute Gasteiger partial charge is 0.385 e. The molecule has 1 unspecified atom stereocenters. The van der Waals surface area contributed by atoms with Crippen molar-refractivity contribution in [1.29, 1.82) is 0 Å². The number of carbonyl (C=O) groups is 1. The van der Waals surface area contributed by atoms with Crippen LogP contribution in [0.4, 0.5) is 13.2 Å². The number of benzene rings is 1. The van der Waals surface area contributed by atoms with Crippen molar-refractivity contribution in [3.05, 3.63) is 35.4 Å². The van der Waals surface area contributed by atoms with Gasteiger partial charge in [0.15, 0.2) is 0 Å². The largest absolute Gasteiger partial charge is 0.416 e. The highest BCUT2D eigenvalue weighted by atomic mass is 19.4. The lowest BCUT2D eigenvalue weighted by Gasteiger charge is -2.26. The van der Waals surface area contributed by atoms with Crippen molar-refractivity contribution in [3.63, 3.8) is 0 Å². The fraction of sp³-hybridized carbons (Fsp3) is 0.417. The summed E-state index contributed by atoms with van der Waals surface area (Å²) in [6.45, 7) is 1.57. The molecular formula is C12H14F3NO2. The van der Waals surface area contributed by atoms with Gasteiger partial charge in [-0.15, -0.1) is 0 Å². The lowest BCUT2D eigenvalue weighted by Crippen LogP contribution is -2.31. The molecule has 0 heterocycles. The Labute approximate surface area is 102 Å². The van der Waals surface area contributed by atoms with Crippen molar-refractivity contribution in [2.45, 2.75) is 31.5 Å². The summed E-state index contributed by atoms with van der Waals surface area (Å²) >= 11 is 0. The first-order chi connectivity index (χ1) is 8.19. The standard InChI is InChI=1S/C12H14F3NO2/c1-2-11(18,7-10(16)17)8-4-3-5-9(6-8)12(13,14)15/h3-6,18H,2,7H2,1H3,(H2,16,17). The normalized spacial score (nSPS) is 15.2. The Morgan fingerprint density at radius 2 is 1.89 bits per heavy atom. The zero-order valence-corrected chi connectivity index (χ0v) is 9.79. The monoisotopic (exact) mass is 261 g/mol. The number of hydrogen-bond donors (Lipinski definition) is 2. The molecule has 1 aromatic rings. The van der Waals surface area contributed by atoms with Crippen LogP contribution in [0.3, 0.4) is 0 Å². The van der Waals surface area contributed by atoms with Crippen LogP contribution in [0.25, 0.3) is 0 Å². The van der Waals surface area contributed by atoms with Crippen LogP contribution in [-0.2, 0) is 16.6 Å². The third-order valence-electron chi connectivity index (χ3n) is 2.78. The maximum atomic E-state index is 12.5. The van der Waals surface area contributed by atoms with Gasteiger partial charge in [0.05, 0.1) is 17.6 Å². The van der Waals surface area contributed by atoms with Crippen molar-refractivity contribution < 1.29 is 23.1 Å². The average Bonchev–Trinajstić information content (AvgIpc) is 2.27. The number of amides is 1.